The number of carbonyl (C=O) groups excluding carboxylic acids is 1. The number of rotatable bonds is 6. The maximum absolute atomic E-state index is 12.6. The van der Waals surface area contributed by atoms with E-state index in [9.17, 15) is 13.2 Å². The number of nitrogens with zero attached hydrogens (tertiary/aromatic N) is 2. The lowest BCUT2D eigenvalue weighted by Gasteiger charge is -2.15. The molecule has 1 aliphatic rings. The first kappa shape index (κ1) is 27.3. The van der Waals surface area contributed by atoms with Crippen LogP contribution in [0.2, 0.25) is 0 Å². The molecule has 0 saturated carbocycles. The number of ketones is 1. The van der Waals surface area contributed by atoms with E-state index in [1.807, 2.05) is 24.3 Å². The van der Waals surface area contributed by atoms with E-state index in [1.165, 1.54) is 0 Å². The molecule has 9 nitrogen and oxygen atoms in total. The summed E-state index contributed by atoms with van der Waals surface area (Å²) >= 11 is 0. The Morgan fingerprint density at radius 2 is 1.75 bits per heavy atom. The fraction of sp³-hybridized carbons (Fsp3) is 0.233. The molecular formula is C30H31N5O4S. The van der Waals surface area contributed by atoms with Gasteiger partial charge in [-0.2, -0.15) is 4.98 Å². The van der Waals surface area contributed by atoms with Gasteiger partial charge in [-0.3, -0.25) is 4.79 Å². The van der Waals surface area contributed by atoms with Crippen LogP contribution in [0.4, 0.5) is 17.5 Å². The van der Waals surface area contributed by atoms with Crippen LogP contribution in [0.5, 0.6) is 5.75 Å². The van der Waals surface area contributed by atoms with Crippen LogP contribution in [0, 0.1) is 0 Å². The van der Waals surface area contributed by atoms with Gasteiger partial charge in [-0.1, -0.05) is 30.3 Å². The first-order valence-electron chi connectivity index (χ1n) is 13.2. The highest BCUT2D eigenvalue weighted by atomic mass is 32.2. The summed E-state index contributed by atoms with van der Waals surface area (Å²) in [6.45, 7) is 0.980. The minimum Gasteiger partial charge on any atom is -0.497 e. The lowest BCUT2D eigenvalue weighted by atomic mass is 10.0. The van der Waals surface area contributed by atoms with Crippen LogP contribution >= 0.6 is 0 Å². The van der Waals surface area contributed by atoms with Gasteiger partial charge >= 0.3 is 0 Å². The summed E-state index contributed by atoms with van der Waals surface area (Å²) in [5.74, 6) is 1.87. The Morgan fingerprint density at radius 1 is 0.975 bits per heavy atom. The van der Waals surface area contributed by atoms with E-state index in [2.05, 4.69) is 20.3 Å². The van der Waals surface area contributed by atoms with Gasteiger partial charge < -0.3 is 15.4 Å². The summed E-state index contributed by atoms with van der Waals surface area (Å²) in [5.41, 5.74) is 4.13. The maximum Gasteiger partial charge on any atom is 0.240 e. The molecule has 0 spiro atoms. The minimum atomic E-state index is -3.59. The van der Waals surface area contributed by atoms with E-state index in [1.54, 1.807) is 61.8 Å². The molecule has 5 rings (SSSR count). The molecule has 3 N–H and O–H groups in total. The zero-order chi connectivity index (χ0) is 28.0. The molecule has 206 valence electrons. The second-order valence-corrected chi connectivity index (χ2v) is 11.3. The monoisotopic (exact) mass is 557 g/mol. The van der Waals surface area contributed by atoms with E-state index >= 15 is 0 Å². The number of hydrogen-bond acceptors (Lipinski definition) is 8. The van der Waals surface area contributed by atoms with Gasteiger partial charge in [0.1, 0.15) is 11.6 Å². The molecule has 1 aliphatic heterocycles. The minimum absolute atomic E-state index is 0.0905. The van der Waals surface area contributed by atoms with Crippen molar-refractivity contribution >= 4 is 33.3 Å². The average Bonchev–Trinajstić information content (AvgIpc) is 2.98. The molecule has 3 aromatic carbocycles. The first-order chi connectivity index (χ1) is 19.4. The largest absolute Gasteiger partial charge is 0.497 e. The number of nitrogens with one attached hydrogen (secondary N) is 3. The Bertz CT molecular complexity index is 1590. The van der Waals surface area contributed by atoms with Gasteiger partial charge in [0.05, 0.1) is 12.0 Å². The second-order valence-electron chi connectivity index (χ2n) is 9.49. The molecule has 0 saturated heterocycles. The van der Waals surface area contributed by atoms with Crippen molar-refractivity contribution in [2.75, 3.05) is 30.8 Å². The maximum atomic E-state index is 12.6. The smallest absolute Gasteiger partial charge is 0.240 e. The molecule has 2 heterocycles. The molecular weight excluding hydrogens is 526 g/mol. The van der Waals surface area contributed by atoms with Crippen LogP contribution < -0.4 is 20.1 Å². The van der Waals surface area contributed by atoms with Crippen LogP contribution in [-0.2, 0) is 16.4 Å². The van der Waals surface area contributed by atoms with Crippen LogP contribution in [-0.4, -0.2) is 44.4 Å². The third-order valence-corrected chi connectivity index (χ3v) is 8.15. The third-order valence-electron chi connectivity index (χ3n) is 6.69. The van der Waals surface area contributed by atoms with Crippen molar-refractivity contribution in [3.63, 3.8) is 0 Å². The number of carbonyl (C=O) groups is 1. The Labute approximate surface area is 234 Å². The highest BCUT2D eigenvalue weighted by Gasteiger charge is 2.16. The molecule has 0 fully saturated rings. The van der Waals surface area contributed by atoms with Gasteiger partial charge in [-0.25, -0.2) is 18.1 Å². The lowest BCUT2D eigenvalue weighted by Crippen LogP contribution is -2.25. The molecule has 0 unspecified atom stereocenters. The van der Waals surface area contributed by atoms with E-state index < -0.39 is 10.0 Å². The molecule has 0 atom stereocenters. The lowest BCUT2D eigenvalue weighted by molar-refractivity contribution is 0.0983. The van der Waals surface area contributed by atoms with Crippen LogP contribution in [0.15, 0.2) is 83.9 Å². The zero-order valence-corrected chi connectivity index (χ0v) is 23.0. The number of ether oxygens (including phenoxy) is 1. The number of aryl methyl sites for hydroxylation is 1. The number of Topliss-reactive ketones (excluding diaryl/α,β-unsaturated/α-hetero) is 1. The van der Waals surface area contributed by atoms with Gasteiger partial charge in [-0.05, 0) is 72.9 Å². The second kappa shape index (κ2) is 12.3. The van der Waals surface area contributed by atoms with Gasteiger partial charge in [0.2, 0.25) is 16.0 Å². The number of anilines is 3. The van der Waals surface area contributed by atoms with Crippen molar-refractivity contribution in [1.29, 1.82) is 0 Å². The summed E-state index contributed by atoms with van der Waals surface area (Å²) < 4.78 is 33.0. The predicted molar refractivity (Wildman–Crippen MR) is 156 cm³/mol. The molecule has 4 aromatic rings. The van der Waals surface area contributed by atoms with E-state index in [4.69, 9.17) is 9.72 Å². The highest BCUT2D eigenvalue weighted by Crippen LogP contribution is 2.29. The summed E-state index contributed by atoms with van der Waals surface area (Å²) in [6, 6.07) is 21.8. The Kier molecular flexibility index (Phi) is 8.37. The summed E-state index contributed by atoms with van der Waals surface area (Å²) in [5, 5.41) is 6.51. The quantitative estimate of drug-likeness (QED) is 0.277. The molecule has 0 aliphatic carbocycles. The van der Waals surface area contributed by atoms with Crippen molar-refractivity contribution in [2.24, 2.45) is 0 Å². The van der Waals surface area contributed by atoms with Gasteiger partial charge in [0.25, 0.3) is 0 Å². The van der Waals surface area contributed by atoms with Gasteiger partial charge in [0.15, 0.2) is 5.78 Å². The molecule has 0 radical (unpaired) electrons. The van der Waals surface area contributed by atoms with Gasteiger partial charge in [-0.15, -0.1) is 0 Å². The van der Waals surface area contributed by atoms with E-state index in [0.29, 0.717) is 55.4 Å². The Morgan fingerprint density at radius 3 is 2.52 bits per heavy atom. The zero-order valence-electron chi connectivity index (χ0n) is 22.2. The first-order valence-corrected chi connectivity index (χ1v) is 14.6. The fourth-order valence-corrected chi connectivity index (χ4v) is 5.55. The topological polar surface area (TPSA) is 122 Å². The number of hydrogen-bond donors (Lipinski definition) is 3. The third kappa shape index (κ3) is 6.64. The summed E-state index contributed by atoms with van der Waals surface area (Å²) in [7, 11) is -1.98. The van der Waals surface area contributed by atoms with Gasteiger partial charge in [0, 0.05) is 42.5 Å². The van der Waals surface area contributed by atoms with Crippen LogP contribution in [0.1, 0.15) is 35.2 Å². The molecule has 1 aromatic heterocycles. The number of aromatic nitrogens is 2. The Balaban J connectivity index is 1.32. The number of fused-ring (bicyclic) bond motifs is 4. The fourth-order valence-electron chi connectivity index (χ4n) is 4.43. The predicted octanol–water partition coefficient (Wildman–Crippen LogP) is 5.20. The van der Waals surface area contributed by atoms with Crippen LogP contribution in [0.25, 0.3) is 11.1 Å². The summed E-state index contributed by atoms with van der Waals surface area (Å²) in [6.07, 6.45) is 4.25. The molecule has 4 bridgehead atoms. The van der Waals surface area contributed by atoms with Crippen LogP contribution in [0.3, 0.4) is 0 Å². The molecule has 40 heavy (non-hydrogen) atoms. The molecule has 10 heteroatoms. The van der Waals surface area contributed by atoms with Crippen molar-refractivity contribution in [2.45, 2.75) is 30.6 Å². The molecule has 0 amide bonds. The van der Waals surface area contributed by atoms with Crippen molar-refractivity contribution < 1.29 is 17.9 Å². The van der Waals surface area contributed by atoms with E-state index in [-0.39, 0.29) is 10.7 Å². The number of methoxy groups -OCH3 is 1. The van der Waals surface area contributed by atoms with Crippen molar-refractivity contribution in [3.05, 3.63) is 90.1 Å². The Hall–Kier alpha value is -4.28. The normalized spacial score (nSPS) is 14.7. The average molecular weight is 558 g/mol. The standard InChI is InChI=1S/C30H31N5O4S/c1-39-25-14-12-23(13-15-25)28(36)16-9-21-7-10-22(11-8-21)27-20-32-30-34-24-5-4-6-26(19-24)40(37,38)33-18-3-2-17-31-29(27)35-30/h4-8,10-15,19-20,33H,2-3,9,16-18H2,1H3,(H2,31,32,34,35). The SMILES string of the molecule is COc1ccc(C(=O)CCc2ccc(-c3cnc4nc3NCCCCNS(=O)(=O)c3cccc(c3)N4)cc2)cc1. The number of sulfonamides is 1. The van der Waals surface area contributed by atoms with Crippen molar-refractivity contribution in [1.82, 2.24) is 14.7 Å². The number of benzene rings is 3. The van der Waals surface area contributed by atoms with E-state index in [0.717, 1.165) is 28.9 Å². The van der Waals surface area contributed by atoms with Crippen molar-refractivity contribution in [3.8, 4) is 16.9 Å². The summed E-state index contributed by atoms with van der Waals surface area (Å²) in [4.78, 5) is 22.0. The highest BCUT2D eigenvalue weighted by molar-refractivity contribution is 7.89.